The maximum atomic E-state index is 13.6. The summed E-state index contributed by atoms with van der Waals surface area (Å²) in [6.07, 6.45) is 0.774. The molecule has 0 bridgehead atoms. The molecule has 0 aliphatic heterocycles. The smallest absolute Gasteiger partial charge is 0.264 e. The van der Waals surface area contributed by atoms with Crippen molar-refractivity contribution in [1.82, 2.24) is 4.31 Å². The highest BCUT2D eigenvalue weighted by molar-refractivity contribution is 7.89. The van der Waals surface area contributed by atoms with E-state index in [0.717, 1.165) is 16.7 Å². The summed E-state index contributed by atoms with van der Waals surface area (Å²) in [5.74, 6) is -0.0767. The molecule has 31 heavy (non-hydrogen) atoms. The predicted molar refractivity (Wildman–Crippen MR) is 126 cm³/mol. The zero-order chi connectivity index (χ0) is 22.4. The van der Waals surface area contributed by atoms with Crippen LogP contribution in [0.25, 0.3) is 5.57 Å². The van der Waals surface area contributed by atoms with E-state index >= 15 is 0 Å². The molecular weight excluding hydrogens is 406 g/mol. The molecule has 0 radical (unpaired) electrons. The number of sulfonamides is 1. The summed E-state index contributed by atoms with van der Waals surface area (Å²) in [4.78, 5) is 0.219. The monoisotopic (exact) mass is 435 g/mol. The fourth-order valence-electron chi connectivity index (χ4n) is 3.28. The Balaban J connectivity index is 2.14. The first-order valence-corrected chi connectivity index (χ1v) is 11.8. The van der Waals surface area contributed by atoms with Gasteiger partial charge in [-0.15, -0.1) is 0 Å². The molecule has 3 rings (SSSR count). The highest BCUT2D eigenvalue weighted by atomic mass is 32.2. The average Bonchev–Trinajstić information content (AvgIpc) is 2.77. The highest BCUT2D eigenvalue weighted by Crippen LogP contribution is 2.27. The zero-order valence-corrected chi connectivity index (χ0v) is 19.0. The van der Waals surface area contributed by atoms with Crippen molar-refractivity contribution in [3.63, 3.8) is 0 Å². The molecule has 1 atom stereocenters. The SMILES string of the molecule is Cc1ccc(S(=O)(=O)N(/C=C(\c2ccccc2)[C@H](O)C(C)C)Cc2ccccc2)cc1. The summed E-state index contributed by atoms with van der Waals surface area (Å²) >= 11 is 0. The second-order valence-electron chi connectivity index (χ2n) is 7.99. The van der Waals surface area contributed by atoms with Crippen LogP contribution < -0.4 is 0 Å². The van der Waals surface area contributed by atoms with E-state index in [4.69, 9.17) is 0 Å². The van der Waals surface area contributed by atoms with E-state index in [1.807, 2.05) is 81.4 Å². The van der Waals surface area contributed by atoms with Crippen molar-refractivity contribution in [1.29, 1.82) is 0 Å². The Morgan fingerprint density at radius 3 is 2.00 bits per heavy atom. The van der Waals surface area contributed by atoms with Crippen molar-refractivity contribution in [3.8, 4) is 0 Å². The number of hydrogen-bond acceptors (Lipinski definition) is 3. The van der Waals surface area contributed by atoms with Crippen LogP contribution in [0, 0.1) is 12.8 Å². The molecule has 0 amide bonds. The number of aliphatic hydroxyl groups is 1. The maximum absolute atomic E-state index is 13.6. The molecule has 0 saturated heterocycles. The summed E-state index contributed by atoms with van der Waals surface area (Å²) in [6, 6.07) is 25.7. The van der Waals surface area contributed by atoms with Crippen molar-refractivity contribution < 1.29 is 13.5 Å². The second-order valence-corrected chi connectivity index (χ2v) is 9.88. The van der Waals surface area contributed by atoms with Crippen LogP contribution in [-0.4, -0.2) is 23.9 Å². The fraction of sp³-hybridized carbons (Fsp3) is 0.231. The third-order valence-corrected chi connectivity index (χ3v) is 6.87. The summed E-state index contributed by atoms with van der Waals surface area (Å²) in [7, 11) is -3.83. The molecule has 0 heterocycles. The van der Waals surface area contributed by atoms with Gasteiger partial charge in [-0.25, -0.2) is 8.42 Å². The molecule has 162 valence electrons. The van der Waals surface area contributed by atoms with Gasteiger partial charge in [-0.05, 0) is 36.1 Å². The van der Waals surface area contributed by atoms with Crippen LogP contribution in [0.1, 0.15) is 30.5 Å². The van der Waals surface area contributed by atoms with Crippen LogP contribution >= 0.6 is 0 Å². The molecule has 0 aliphatic carbocycles. The zero-order valence-electron chi connectivity index (χ0n) is 18.1. The van der Waals surface area contributed by atoms with Gasteiger partial charge in [0.1, 0.15) is 0 Å². The molecular formula is C26H29NO3S. The van der Waals surface area contributed by atoms with Crippen LogP contribution in [0.15, 0.2) is 96.0 Å². The van der Waals surface area contributed by atoms with Gasteiger partial charge in [0.2, 0.25) is 0 Å². The second kappa shape index (κ2) is 9.94. The van der Waals surface area contributed by atoms with E-state index in [1.54, 1.807) is 30.5 Å². The highest BCUT2D eigenvalue weighted by Gasteiger charge is 2.25. The van der Waals surface area contributed by atoms with Crippen molar-refractivity contribution >= 4 is 15.6 Å². The predicted octanol–water partition coefficient (Wildman–Crippen LogP) is 5.24. The molecule has 0 saturated carbocycles. The average molecular weight is 436 g/mol. The molecule has 0 fully saturated rings. The molecule has 0 aliphatic rings. The molecule has 3 aromatic rings. The van der Waals surface area contributed by atoms with E-state index in [-0.39, 0.29) is 17.4 Å². The molecule has 1 N–H and O–H groups in total. The van der Waals surface area contributed by atoms with Gasteiger partial charge < -0.3 is 5.11 Å². The molecule has 0 aromatic heterocycles. The molecule has 0 unspecified atom stereocenters. The van der Waals surface area contributed by atoms with E-state index in [0.29, 0.717) is 5.57 Å². The van der Waals surface area contributed by atoms with Gasteiger partial charge in [0.05, 0.1) is 17.5 Å². The molecule has 0 spiro atoms. The minimum Gasteiger partial charge on any atom is -0.388 e. The summed E-state index contributed by atoms with van der Waals surface area (Å²) in [5, 5.41) is 10.9. The summed E-state index contributed by atoms with van der Waals surface area (Å²) in [6.45, 7) is 5.91. The number of hydrogen-bond donors (Lipinski definition) is 1. The molecule has 5 heteroatoms. The van der Waals surface area contributed by atoms with Crippen LogP contribution in [-0.2, 0) is 16.6 Å². The number of aliphatic hydroxyl groups excluding tert-OH is 1. The Labute approximate surface area is 185 Å². The van der Waals surface area contributed by atoms with Gasteiger partial charge in [0, 0.05) is 11.8 Å². The van der Waals surface area contributed by atoms with Crippen LogP contribution in [0.5, 0.6) is 0 Å². The number of nitrogens with zero attached hydrogens (tertiary/aromatic N) is 1. The number of aryl methyl sites for hydroxylation is 1. The first-order valence-electron chi connectivity index (χ1n) is 10.4. The largest absolute Gasteiger partial charge is 0.388 e. The van der Waals surface area contributed by atoms with Gasteiger partial charge >= 0.3 is 0 Å². The van der Waals surface area contributed by atoms with E-state index < -0.39 is 16.1 Å². The lowest BCUT2D eigenvalue weighted by Gasteiger charge is -2.26. The summed E-state index contributed by atoms with van der Waals surface area (Å²) in [5.41, 5.74) is 3.22. The third kappa shape index (κ3) is 5.63. The minimum absolute atomic E-state index is 0.0767. The Kier molecular flexibility index (Phi) is 7.31. The lowest BCUT2D eigenvalue weighted by Crippen LogP contribution is -2.28. The Hall–Kier alpha value is -2.89. The molecule has 4 nitrogen and oxygen atoms in total. The normalized spacial score (nSPS) is 13.3. The maximum Gasteiger partial charge on any atom is 0.264 e. The van der Waals surface area contributed by atoms with Crippen molar-refractivity contribution in [3.05, 3.63) is 108 Å². The molecule has 3 aromatic carbocycles. The van der Waals surface area contributed by atoms with Gasteiger partial charge in [0.15, 0.2) is 0 Å². The number of benzene rings is 3. The fourth-order valence-corrected chi connectivity index (χ4v) is 4.60. The van der Waals surface area contributed by atoms with E-state index in [1.165, 1.54) is 4.31 Å². The lowest BCUT2D eigenvalue weighted by atomic mass is 9.94. The quantitative estimate of drug-likeness (QED) is 0.526. The van der Waals surface area contributed by atoms with Gasteiger partial charge in [-0.3, -0.25) is 4.31 Å². The van der Waals surface area contributed by atoms with Crippen molar-refractivity contribution in [2.24, 2.45) is 5.92 Å². The van der Waals surface area contributed by atoms with Crippen LogP contribution in [0.3, 0.4) is 0 Å². The Morgan fingerprint density at radius 1 is 0.903 bits per heavy atom. The summed E-state index contributed by atoms with van der Waals surface area (Å²) < 4.78 is 28.5. The Bertz CT molecular complexity index is 1110. The standard InChI is InChI=1S/C26H29NO3S/c1-20(2)26(28)25(23-12-8-5-9-13-23)19-27(18-22-10-6-4-7-11-22)31(29,30)24-16-14-21(3)15-17-24/h4-17,19-20,26,28H,18H2,1-3H3/b25-19+/t26-/m1/s1. The third-order valence-electron chi connectivity index (χ3n) is 5.15. The topological polar surface area (TPSA) is 57.6 Å². The van der Waals surface area contributed by atoms with E-state index in [2.05, 4.69) is 0 Å². The minimum atomic E-state index is -3.83. The van der Waals surface area contributed by atoms with Crippen LogP contribution in [0.4, 0.5) is 0 Å². The van der Waals surface area contributed by atoms with Crippen molar-refractivity contribution in [2.75, 3.05) is 0 Å². The van der Waals surface area contributed by atoms with Gasteiger partial charge in [0.25, 0.3) is 10.0 Å². The van der Waals surface area contributed by atoms with E-state index in [9.17, 15) is 13.5 Å². The first kappa shape index (κ1) is 22.8. The Morgan fingerprint density at radius 2 is 1.45 bits per heavy atom. The van der Waals surface area contributed by atoms with Gasteiger partial charge in [-0.1, -0.05) is 92.2 Å². The van der Waals surface area contributed by atoms with Gasteiger partial charge in [-0.2, -0.15) is 0 Å². The lowest BCUT2D eigenvalue weighted by molar-refractivity contribution is 0.180. The first-order chi connectivity index (χ1) is 14.8. The number of rotatable bonds is 8. The van der Waals surface area contributed by atoms with Crippen LogP contribution in [0.2, 0.25) is 0 Å². The van der Waals surface area contributed by atoms with Crippen molar-refractivity contribution in [2.45, 2.75) is 38.3 Å².